The van der Waals surface area contributed by atoms with Crippen LogP contribution >= 0.6 is 0 Å². The van der Waals surface area contributed by atoms with Gasteiger partial charge in [-0.1, -0.05) is 6.92 Å². The maximum Gasteiger partial charge on any atom is 0.318 e. The predicted molar refractivity (Wildman–Crippen MR) is 69.6 cm³/mol. The average Bonchev–Trinajstić information content (AvgIpc) is 2.37. The molecule has 112 valence electrons. The summed E-state index contributed by atoms with van der Waals surface area (Å²) in [5, 5.41) is 8.75. The highest BCUT2D eigenvalue weighted by molar-refractivity contribution is 7.89. The third kappa shape index (κ3) is 3.67. The minimum atomic E-state index is -4.19. The van der Waals surface area contributed by atoms with Crippen LogP contribution in [-0.4, -0.2) is 44.0 Å². The number of carbonyl (C=O) groups is 1. The van der Waals surface area contributed by atoms with E-state index in [9.17, 15) is 17.6 Å². The van der Waals surface area contributed by atoms with Gasteiger partial charge in [0.05, 0.1) is 7.11 Å². The molecule has 0 aliphatic rings. The van der Waals surface area contributed by atoms with Gasteiger partial charge in [0.25, 0.3) is 0 Å². The number of aliphatic carboxylic acids is 1. The summed E-state index contributed by atoms with van der Waals surface area (Å²) in [4.78, 5) is 10.2. The fourth-order valence-corrected chi connectivity index (χ4v) is 3.17. The van der Waals surface area contributed by atoms with E-state index < -0.39 is 33.3 Å². The zero-order chi connectivity index (χ0) is 15.3. The highest BCUT2D eigenvalue weighted by Crippen LogP contribution is 2.23. The lowest BCUT2D eigenvalue weighted by Gasteiger charge is -2.20. The van der Waals surface area contributed by atoms with Crippen molar-refractivity contribution in [3.63, 3.8) is 0 Å². The lowest BCUT2D eigenvalue weighted by molar-refractivity contribution is -0.137. The van der Waals surface area contributed by atoms with Crippen LogP contribution < -0.4 is 4.74 Å². The number of benzene rings is 1. The van der Waals surface area contributed by atoms with Crippen molar-refractivity contribution in [3.8, 4) is 5.75 Å². The Morgan fingerprint density at radius 1 is 1.45 bits per heavy atom. The molecule has 0 bridgehead atoms. The second-order valence-electron chi connectivity index (χ2n) is 4.03. The van der Waals surface area contributed by atoms with E-state index in [0.717, 1.165) is 16.4 Å². The summed E-state index contributed by atoms with van der Waals surface area (Å²) in [5.74, 6) is -2.09. The van der Waals surface area contributed by atoms with E-state index in [-0.39, 0.29) is 12.3 Å². The number of methoxy groups -OCH3 is 1. The zero-order valence-electron chi connectivity index (χ0n) is 11.2. The third-order valence-electron chi connectivity index (χ3n) is 2.54. The van der Waals surface area contributed by atoms with Gasteiger partial charge >= 0.3 is 5.97 Å². The Kier molecular flexibility index (Phi) is 5.46. The van der Waals surface area contributed by atoms with Crippen molar-refractivity contribution >= 4 is 16.0 Å². The predicted octanol–water partition coefficient (Wildman–Crippen LogP) is 1.32. The summed E-state index contributed by atoms with van der Waals surface area (Å²) in [7, 11) is -2.86. The molecule has 0 aliphatic carbocycles. The summed E-state index contributed by atoms with van der Waals surface area (Å²) in [5.41, 5.74) is 0. The molecule has 1 N–H and O–H groups in total. The van der Waals surface area contributed by atoms with Crippen LogP contribution in [0.25, 0.3) is 0 Å². The lowest BCUT2D eigenvalue weighted by atomic mass is 10.3. The molecule has 0 heterocycles. The van der Waals surface area contributed by atoms with Gasteiger partial charge in [-0.05, 0) is 18.6 Å². The fourth-order valence-electron chi connectivity index (χ4n) is 1.64. The van der Waals surface area contributed by atoms with E-state index in [1.807, 2.05) is 0 Å². The van der Waals surface area contributed by atoms with Gasteiger partial charge in [-0.25, -0.2) is 12.8 Å². The van der Waals surface area contributed by atoms with E-state index in [1.54, 1.807) is 6.92 Å². The molecule has 0 radical (unpaired) electrons. The summed E-state index contributed by atoms with van der Waals surface area (Å²) >= 11 is 0. The Labute approximate surface area is 116 Å². The molecule has 0 saturated carbocycles. The Bertz CT molecular complexity index is 588. The number of hydrogen-bond donors (Lipinski definition) is 1. The molecular formula is C12H16FNO5S. The molecule has 6 nitrogen and oxygen atoms in total. The van der Waals surface area contributed by atoms with Gasteiger partial charge in [-0.15, -0.1) is 0 Å². The van der Waals surface area contributed by atoms with E-state index in [0.29, 0.717) is 6.42 Å². The summed E-state index contributed by atoms with van der Waals surface area (Å²) in [6.45, 7) is 0.997. The molecule has 1 rings (SSSR count). The first-order chi connectivity index (χ1) is 9.32. The number of sulfonamides is 1. The normalized spacial score (nSPS) is 11.6. The molecule has 0 atom stereocenters. The molecule has 8 heteroatoms. The average molecular weight is 305 g/mol. The van der Waals surface area contributed by atoms with Crippen LogP contribution in [0.1, 0.15) is 13.3 Å². The summed E-state index contributed by atoms with van der Waals surface area (Å²) in [6.07, 6.45) is 0.421. The molecule has 0 spiro atoms. The molecule has 0 saturated heterocycles. The van der Waals surface area contributed by atoms with Crippen LogP contribution in [-0.2, 0) is 14.8 Å². The SMILES string of the molecule is CCCN(CC(=O)O)S(=O)(=O)c1ccc(OC)cc1F. The van der Waals surface area contributed by atoms with Crippen LogP contribution in [0.2, 0.25) is 0 Å². The van der Waals surface area contributed by atoms with Gasteiger partial charge in [0.15, 0.2) is 0 Å². The van der Waals surface area contributed by atoms with Crippen LogP contribution in [0.15, 0.2) is 23.1 Å². The smallest absolute Gasteiger partial charge is 0.318 e. The highest BCUT2D eigenvalue weighted by atomic mass is 32.2. The van der Waals surface area contributed by atoms with Crippen molar-refractivity contribution in [2.75, 3.05) is 20.2 Å². The van der Waals surface area contributed by atoms with Gasteiger partial charge in [-0.2, -0.15) is 4.31 Å². The van der Waals surface area contributed by atoms with Gasteiger partial charge < -0.3 is 9.84 Å². The minimum Gasteiger partial charge on any atom is -0.497 e. The monoisotopic (exact) mass is 305 g/mol. The highest BCUT2D eigenvalue weighted by Gasteiger charge is 2.28. The molecule has 0 fully saturated rings. The van der Waals surface area contributed by atoms with Crippen LogP contribution in [0.4, 0.5) is 4.39 Å². The van der Waals surface area contributed by atoms with Crippen LogP contribution in [0, 0.1) is 5.82 Å². The first kappa shape index (κ1) is 16.4. The van der Waals surface area contributed by atoms with Crippen molar-refractivity contribution in [1.29, 1.82) is 0 Å². The first-order valence-electron chi connectivity index (χ1n) is 5.88. The standard InChI is InChI=1S/C12H16FNO5S/c1-3-6-14(8-12(15)16)20(17,18)11-5-4-9(19-2)7-10(11)13/h4-5,7H,3,6,8H2,1-2H3,(H,15,16). The summed E-state index contributed by atoms with van der Waals surface area (Å²) in [6, 6.07) is 3.31. The zero-order valence-corrected chi connectivity index (χ0v) is 12.0. The molecule has 0 amide bonds. The van der Waals surface area contributed by atoms with E-state index in [4.69, 9.17) is 9.84 Å². The number of nitrogens with zero attached hydrogens (tertiary/aromatic N) is 1. The largest absolute Gasteiger partial charge is 0.497 e. The van der Waals surface area contributed by atoms with Crippen molar-refractivity contribution in [1.82, 2.24) is 4.31 Å². The lowest BCUT2D eigenvalue weighted by Crippen LogP contribution is -2.36. The molecule has 0 unspecified atom stereocenters. The van der Waals surface area contributed by atoms with Crippen molar-refractivity contribution in [2.24, 2.45) is 0 Å². The molecular weight excluding hydrogens is 289 g/mol. The van der Waals surface area contributed by atoms with Crippen LogP contribution in [0.5, 0.6) is 5.75 Å². The molecule has 0 aromatic heterocycles. The quantitative estimate of drug-likeness (QED) is 0.821. The number of rotatable bonds is 7. The van der Waals surface area contributed by atoms with Gasteiger partial charge in [0, 0.05) is 12.6 Å². The fraction of sp³-hybridized carbons (Fsp3) is 0.417. The topological polar surface area (TPSA) is 83.9 Å². The van der Waals surface area contributed by atoms with Crippen molar-refractivity contribution in [2.45, 2.75) is 18.2 Å². The Morgan fingerprint density at radius 3 is 2.55 bits per heavy atom. The molecule has 1 aromatic rings. The second kappa shape index (κ2) is 6.67. The number of hydrogen-bond acceptors (Lipinski definition) is 4. The first-order valence-corrected chi connectivity index (χ1v) is 7.32. The second-order valence-corrected chi connectivity index (χ2v) is 5.94. The Hall–Kier alpha value is -1.67. The maximum atomic E-state index is 13.8. The third-order valence-corrected chi connectivity index (χ3v) is 4.42. The van der Waals surface area contributed by atoms with E-state index in [1.165, 1.54) is 13.2 Å². The van der Waals surface area contributed by atoms with Crippen LogP contribution in [0.3, 0.4) is 0 Å². The van der Waals surface area contributed by atoms with E-state index >= 15 is 0 Å². The number of carboxylic acid groups (broad SMARTS) is 1. The Morgan fingerprint density at radius 2 is 2.10 bits per heavy atom. The van der Waals surface area contributed by atoms with Crippen molar-refractivity contribution in [3.05, 3.63) is 24.0 Å². The van der Waals surface area contributed by atoms with Crippen molar-refractivity contribution < 1.29 is 27.4 Å². The number of halogens is 1. The maximum absolute atomic E-state index is 13.8. The van der Waals surface area contributed by atoms with Gasteiger partial charge in [0.2, 0.25) is 10.0 Å². The minimum absolute atomic E-state index is 0.000102. The summed E-state index contributed by atoms with van der Waals surface area (Å²) < 4.78 is 43.9. The molecule has 1 aromatic carbocycles. The number of carboxylic acids is 1. The Balaban J connectivity index is 3.22. The van der Waals surface area contributed by atoms with Gasteiger partial charge in [0.1, 0.15) is 23.0 Å². The number of ether oxygens (including phenoxy) is 1. The molecule has 0 aliphatic heterocycles. The molecule has 20 heavy (non-hydrogen) atoms. The van der Waals surface area contributed by atoms with E-state index in [2.05, 4.69) is 0 Å². The van der Waals surface area contributed by atoms with Gasteiger partial charge in [-0.3, -0.25) is 4.79 Å².